The number of rotatable bonds is 2. The predicted octanol–water partition coefficient (Wildman–Crippen LogP) is 3.28. The second kappa shape index (κ2) is 4.04. The molecule has 0 saturated heterocycles. The van der Waals surface area contributed by atoms with Gasteiger partial charge in [0.1, 0.15) is 0 Å². The summed E-state index contributed by atoms with van der Waals surface area (Å²) in [5, 5.41) is 0. The van der Waals surface area contributed by atoms with E-state index in [1.165, 1.54) is 5.57 Å². The standard InChI is InChI=1S/C12H15N/c1-5-13-12-7-6-11(9(2)3)8-10(12)4/h5-9H,1,4H2,2-3H3. The van der Waals surface area contributed by atoms with E-state index in [1.807, 2.05) is 6.08 Å². The summed E-state index contributed by atoms with van der Waals surface area (Å²) >= 11 is 0. The Kier molecular flexibility index (Phi) is 3.02. The van der Waals surface area contributed by atoms with Crippen LogP contribution in [0.2, 0.25) is 0 Å². The van der Waals surface area contributed by atoms with E-state index >= 15 is 0 Å². The summed E-state index contributed by atoms with van der Waals surface area (Å²) in [5.74, 6) is 0.540. The number of hydrogen-bond donors (Lipinski definition) is 0. The van der Waals surface area contributed by atoms with Crippen LogP contribution in [0, 0.1) is 5.92 Å². The zero-order valence-electron chi connectivity index (χ0n) is 8.25. The zero-order valence-corrected chi connectivity index (χ0v) is 8.25. The van der Waals surface area contributed by atoms with Crippen LogP contribution in [0.15, 0.2) is 53.7 Å². The first kappa shape index (κ1) is 9.72. The first-order chi connectivity index (χ1) is 6.15. The average molecular weight is 173 g/mol. The van der Waals surface area contributed by atoms with Crippen LogP contribution in [0.5, 0.6) is 0 Å². The molecule has 0 N–H and O–H groups in total. The Balaban J connectivity index is 2.91. The van der Waals surface area contributed by atoms with E-state index in [-0.39, 0.29) is 0 Å². The summed E-state index contributed by atoms with van der Waals surface area (Å²) in [6, 6.07) is 0. The zero-order chi connectivity index (χ0) is 9.84. The first-order valence-corrected chi connectivity index (χ1v) is 4.43. The van der Waals surface area contributed by atoms with Crippen molar-refractivity contribution in [2.45, 2.75) is 13.8 Å². The smallest absolute Gasteiger partial charge is 0.0695 e. The minimum absolute atomic E-state index is 0.540. The fourth-order valence-corrected chi connectivity index (χ4v) is 1.19. The largest absolute Gasteiger partial charge is 0.257 e. The van der Waals surface area contributed by atoms with Crippen LogP contribution in [-0.2, 0) is 0 Å². The highest BCUT2D eigenvalue weighted by molar-refractivity contribution is 6.11. The van der Waals surface area contributed by atoms with Gasteiger partial charge in [-0.3, -0.25) is 4.99 Å². The molecule has 0 aliphatic heterocycles. The Morgan fingerprint density at radius 3 is 2.54 bits per heavy atom. The van der Waals surface area contributed by atoms with Gasteiger partial charge in [0.25, 0.3) is 0 Å². The summed E-state index contributed by atoms with van der Waals surface area (Å²) in [7, 11) is 0. The molecule has 0 unspecified atom stereocenters. The van der Waals surface area contributed by atoms with Gasteiger partial charge >= 0.3 is 0 Å². The van der Waals surface area contributed by atoms with Gasteiger partial charge < -0.3 is 0 Å². The predicted molar refractivity (Wildman–Crippen MR) is 58.8 cm³/mol. The molecule has 1 aliphatic carbocycles. The number of nitrogens with zero attached hydrogens (tertiary/aromatic N) is 1. The van der Waals surface area contributed by atoms with Gasteiger partial charge in [0, 0.05) is 6.20 Å². The second-order valence-electron chi connectivity index (χ2n) is 3.35. The van der Waals surface area contributed by atoms with Crippen molar-refractivity contribution in [2.24, 2.45) is 10.9 Å². The Bertz CT molecular complexity index is 314. The second-order valence-corrected chi connectivity index (χ2v) is 3.35. The highest BCUT2D eigenvalue weighted by Gasteiger charge is 2.07. The van der Waals surface area contributed by atoms with Crippen molar-refractivity contribution in [3.05, 3.63) is 48.7 Å². The normalized spacial score (nSPS) is 19.5. The van der Waals surface area contributed by atoms with Gasteiger partial charge in [-0.25, -0.2) is 0 Å². The number of allylic oxidation sites excluding steroid dienone is 5. The van der Waals surface area contributed by atoms with Crippen LogP contribution in [0.1, 0.15) is 13.8 Å². The van der Waals surface area contributed by atoms with Gasteiger partial charge in [0.2, 0.25) is 0 Å². The van der Waals surface area contributed by atoms with Gasteiger partial charge in [-0.1, -0.05) is 33.1 Å². The Morgan fingerprint density at radius 2 is 2.08 bits per heavy atom. The maximum Gasteiger partial charge on any atom is 0.0695 e. The average Bonchev–Trinajstić information content (AvgIpc) is 2.08. The first-order valence-electron chi connectivity index (χ1n) is 4.43. The summed E-state index contributed by atoms with van der Waals surface area (Å²) < 4.78 is 0. The monoisotopic (exact) mass is 173 g/mol. The molecule has 0 aromatic carbocycles. The quantitative estimate of drug-likeness (QED) is 0.607. The molecule has 1 nitrogen and oxygen atoms in total. The fourth-order valence-electron chi connectivity index (χ4n) is 1.19. The molecule has 0 heterocycles. The van der Waals surface area contributed by atoms with Crippen LogP contribution < -0.4 is 0 Å². The summed E-state index contributed by atoms with van der Waals surface area (Å²) in [6.07, 6.45) is 7.69. The molecular weight excluding hydrogens is 158 g/mol. The Morgan fingerprint density at radius 1 is 1.38 bits per heavy atom. The topological polar surface area (TPSA) is 12.4 Å². The molecule has 1 heteroatoms. The van der Waals surface area contributed by atoms with E-state index in [4.69, 9.17) is 0 Å². The molecule has 1 aliphatic rings. The van der Waals surface area contributed by atoms with E-state index < -0.39 is 0 Å². The van der Waals surface area contributed by atoms with E-state index in [0.717, 1.165) is 11.3 Å². The van der Waals surface area contributed by atoms with Crippen molar-refractivity contribution in [1.82, 2.24) is 0 Å². The molecule has 0 bridgehead atoms. The van der Waals surface area contributed by atoms with Crippen molar-refractivity contribution >= 4 is 5.71 Å². The third-order valence-corrected chi connectivity index (χ3v) is 2.00. The van der Waals surface area contributed by atoms with Crippen LogP contribution in [0.4, 0.5) is 0 Å². The van der Waals surface area contributed by atoms with E-state index in [9.17, 15) is 0 Å². The molecule has 0 saturated carbocycles. The lowest BCUT2D eigenvalue weighted by atomic mass is 9.94. The third-order valence-electron chi connectivity index (χ3n) is 2.00. The molecule has 0 fully saturated rings. The minimum atomic E-state index is 0.540. The van der Waals surface area contributed by atoms with E-state index in [1.54, 1.807) is 6.20 Å². The van der Waals surface area contributed by atoms with Crippen molar-refractivity contribution in [2.75, 3.05) is 0 Å². The van der Waals surface area contributed by atoms with Crippen molar-refractivity contribution in [3.63, 3.8) is 0 Å². The molecule has 0 spiro atoms. The van der Waals surface area contributed by atoms with Gasteiger partial charge in [-0.2, -0.15) is 0 Å². The third kappa shape index (κ3) is 2.28. The lowest BCUT2D eigenvalue weighted by molar-refractivity contribution is 0.790. The van der Waals surface area contributed by atoms with E-state index in [0.29, 0.717) is 5.92 Å². The summed E-state index contributed by atoms with van der Waals surface area (Å²) in [4.78, 5) is 4.11. The summed E-state index contributed by atoms with van der Waals surface area (Å²) in [6.45, 7) is 11.8. The maximum absolute atomic E-state index is 4.11. The van der Waals surface area contributed by atoms with E-state index in [2.05, 4.69) is 44.1 Å². The molecule has 0 aromatic rings. The number of hydrogen-bond acceptors (Lipinski definition) is 1. The molecule has 13 heavy (non-hydrogen) atoms. The van der Waals surface area contributed by atoms with Crippen molar-refractivity contribution in [3.8, 4) is 0 Å². The van der Waals surface area contributed by atoms with Crippen LogP contribution >= 0.6 is 0 Å². The van der Waals surface area contributed by atoms with Crippen LogP contribution in [-0.4, -0.2) is 5.71 Å². The Hall–Kier alpha value is -1.37. The van der Waals surface area contributed by atoms with Gasteiger partial charge in [-0.15, -0.1) is 0 Å². The van der Waals surface area contributed by atoms with Crippen molar-refractivity contribution < 1.29 is 0 Å². The fraction of sp³-hybridized carbons (Fsp3) is 0.250. The lowest BCUT2D eigenvalue weighted by Crippen LogP contribution is -2.03. The van der Waals surface area contributed by atoms with Gasteiger partial charge in [0.15, 0.2) is 0 Å². The molecule has 0 amide bonds. The molecule has 68 valence electrons. The molecule has 0 aromatic heterocycles. The Labute approximate surface area is 79.9 Å². The van der Waals surface area contributed by atoms with Gasteiger partial charge in [-0.05, 0) is 29.2 Å². The van der Waals surface area contributed by atoms with Gasteiger partial charge in [0.05, 0.1) is 5.71 Å². The van der Waals surface area contributed by atoms with Crippen molar-refractivity contribution in [1.29, 1.82) is 0 Å². The minimum Gasteiger partial charge on any atom is -0.257 e. The highest BCUT2D eigenvalue weighted by Crippen LogP contribution is 2.19. The number of aliphatic imine (C=N–C) groups is 1. The molecule has 1 rings (SSSR count). The summed E-state index contributed by atoms with van der Waals surface area (Å²) in [5.41, 5.74) is 3.17. The van der Waals surface area contributed by atoms with Crippen LogP contribution in [0.25, 0.3) is 0 Å². The molecular formula is C12H15N. The van der Waals surface area contributed by atoms with Crippen LogP contribution in [0.3, 0.4) is 0 Å². The lowest BCUT2D eigenvalue weighted by Gasteiger charge is -2.12. The molecule has 0 radical (unpaired) electrons. The highest BCUT2D eigenvalue weighted by atomic mass is 14.7. The SMILES string of the molecule is C=CN=C1C=CC(C(C)C)=CC1=C. The molecule has 0 atom stereocenters. The maximum atomic E-state index is 4.11.